The molecule has 0 amide bonds. The molecule has 0 aromatic heterocycles. The first-order chi connectivity index (χ1) is 11.8. The molecule has 0 saturated carbocycles. The third-order valence-corrected chi connectivity index (χ3v) is 5.04. The van der Waals surface area contributed by atoms with Gasteiger partial charge in [0.05, 0.1) is 7.11 Å². The molecule has 0 fully saturated rings. The van der Waals surface area contributed by atoms with Crippen LogP contribution in [0.15, 0.2) is 36.4 Å². The molecule has 1 unspecified atom stereocenters. The van der Waals surface area contributed by atoms with Crippen LogP contribution in [0.25, 0.3) is 11.1 Å². The van der Waals surface area contributed by atoms with Crippen molar-refractivity contribution in [1.29, 1.82) is 0 Å². The van der Waals surface area contributed by atoms with E-state index in [9.17, 15) is 4.39 Å². The molecular weight excluding hydrogens is 335 g/mol. The second-order valence-corrected chi connectivity index (χ2v) is 7.88. The monoisotopic (exact) mass is 362 g/mol. The number of hydrogen-bond donors (Lipinski definition) is 0. The van der Waals surface area contributed by atoms with Gasteiger partial charge in [-0.25, -0.2) is 4.39 Å². The zero-order chi connectivity index (χ0) is 18.6. The Morgan fingerprint density at radius 1 is 1.08 bits per heavy atom. The molecule has 1 nitrogen and oxygen atoms in total. The van der Waals surface area contributed by atoms with Crippen LogP contribution in [0.3, 0.4) is 0 Å². The van der Waals surface area contributed by atoms with Crippen molar-refractivity contribution in [3.05, 3.63) is 53.3 Å². The third-order valence-electron chi connectivity index (χ3n) is 4.73. The molecule has 2 aromatic rings. The summed E-state index contributed by atoms with van der Waals surface area (Å²) in [6.07, 6.45) is 2.13. The molecule has 25 heavy (non-hydrogen) atoms. The lowest BCUT2D eigenvalue weighted by Crippen LogP contribution is -2.19. The minimum absolute atomic E-state index is 0.0744. The van der Waals surface area contributed by atoms with Gasteiger partial charge in [-0.15, -0.1) is 11.6 Å². The van der Waals surface area contributed by atoms with E-state index in [-0.39, 0.29) is 11.2 Å². The molecule has 0 aliphatic heterocycles. The summed E-state index contributed by atoms with van der Waals surface area (Å²) in [7, 11) is 1.60. The average molecular weight is 363 g/mol. The Morgan fingerprint density at radius 2 is 1.80 bits per heavy atom. The van der Waals surface area contributed by atoms with E-state index >= 15 is 0 Å². The topological polar surface area (TPSA) is 9.23 Å². The average Bonchev–Trinajstić information content (AvgIpc) is 2.58. The number of methoxy groups -OCH3 is 1. The van der Waals surface area contributed by atoms with Crippen molar-refractivity contribution in [2.45, 2.75) is 52.3 Å². The highest BCUT2D eigenvalue weighted by Gasteiger charge is 2.28. The molecule has 0 heterocycles. The van der Waals surface area contributed by atoms with Crippen LogP contribution in [0, 0.1) is 11.2 Å². The van der Waals surface area contributed by atoms with Crippen molar-refractivity contribution in [3.63, 3.8) is 0 Å². The summed E-state index contributed by atoms with van der Waals surface area (Å²) in [6.45, 7) is 8.92. The lowest BCUT2D eigenvalue weighted by atomic mass is 9.72. The van der Waals surface area contributed by atoms with Crippen molar-refractivity contribution in [2.75, 3.05) is 7.11 Å². The van der Waals surface area contributed by atoms with E-state index in [1.807, 2.05) is 12.1 Å². The van der Waals surface area contributed by atoms with Crippen LogP contribution in [0.1, 0.15) is 57.6 Å². The Morgan fingerprint density at radius 3 is 2.36 bits per heavy atom. The third kappa shape index (κ3) is 4.55. The quantitative estimate of drug-likeness (QED) is 0.495. The second-order valence-electron chi connectivity index (χ2n) is 7.61. The standard InChI is InChI=1S/C22H28ClFO/c1-6-7-20(22(2,3)4)18-12-15(14-23)8-10-17(18)19-13-16(25-5)9-11-21(19)24/h8-13,20H,6-7,14H2,1-5H3. The maximum atomic E-state index is 14.6. The lowest BCUT2D eigenvalue weighted by Gasteiger charge is -2.33. The number of rotatable bonds is 6. The van der Waals surface area contributed by atoms with Crippen LogP contribution in [0.5, 0.6) is 5.75 Å². The first kappa shape index (κ1) is 19.8. The SMILES string of the molecule is CCCC(c1cc(CCl)ccc1-c1cc(OC)ccc1F)C(C)(C)C. The Balaban J connectivity index is 2.70. The van der Waals surface area contributed by atoms with Gasteiger partial charge in [0.1, 0.15) is 11.6 Å². The Kier molecular flexibility index (Phi) is 6.51. The van der Waals surface area contributed by atoms with Crippen LogP contribution in [-0.4, -0.2) is 7.11 Å². The van der Waals surface area contributed by atoms with Gasteiger partial charge >= 0.3 is 0 Å². The predicted molar refractivity (Wildman–Crippen MR) is 105 cm³/mol. The van der Waals surface area contributed by atoms with E-state index in [2.05, 4.69) is 33.8 Å². The number of hydrogen-bond acceptors (Lipinski definition) is 1. The van der Waals surface area contributed by atoms with E-state index in [1.54, 1.807) is 19.2 Å². The second kappa shape index (κ2) is 8.23. The summed E-state index contributed by atoms with van der Waals surface area (Å²) in [5.74, 6) is 1.20. The summed E-state index contributed by atoms with van der Waals surface area (Å²) in [4.78, 5) is 0. The van der Waals surface area contributed by atoms with Gasteiger partial charge in [-0.3, -0.25) is 0 Å². The zero-order valence-electron chi connectivity index (χ0n) is 15.8. The highest BCUT2D eigenvalue weighted by Crippen LogP contribution is 2.44. The van der Waals surface area contributed by atoms with Crippen LogP contribution >= 0.6 is 11.6 Å². The molecule has 1 atom stereocenters. The van der Waals surface area contributed by atoms with Gasteiger partial charge in [-0.05, 0) is 52.6 Å². The summed E-state index contributed by atoms with van der Waals surface area (Å²) in [5, 5.41) is 0. The number of benzene rings is 2. The lowest BCUT2D eigenvalue weighted by molar-refractivity contribution is 0.303. The summed E-state index contributed by atoms with van der Waals surface area (Å²) in [6, 6.07) is 11.0. The predicted octanol–water partition coefficient (Wildman–Crippen LogP) is 7.17. The van der Waals surface area contributed by atoms with Gasteiger partial charge in [0.2, 0.25) is 0 Å². The molecule has 2 aromatic carbocycles. The van der Waals surface area contributed by atoms with E-state index < -0.39 is 0 Å². The van der Waals surface area contributed by atoms with Gasteiger partial charge in [0, 0.05) is 11.4 Å². The maximum Gasteiger partial charge on any atom is 0.131 e. The summed E-state index contributed by atoms with van der Waals surface area (Å²) < 4.78 is 19.9. The van der Waals surface area contributed by atoms with Crippen LogP contribution < -0.4 is 4.74 Å². The smallest absolute Gasteiger partial charge is 0.131 e. The molecule has 2 rings (SSSR count). The van der Waals surface area contributed by atoms with Crippen molar-refractivity contribution in [3.8, 4) is 16.9 Å². The van der Waals surface area contributed by atoms with Crippen molar-refractivity contribution < 1.29 is 9.13 Å². The number of halogens is 2. The normalized spacial score (nSPS) is 12.9. The van der Waals surface area contributed by atoms with E-state index in [1.165, 1.54) is 11.6 Å². The van der Waals surface area contributed by atoms with Gasteiger partial charge in [-0.1, -0.05) is 52.3 Å². The van der Waals surface area contributed by atoms with Gasteiger partial charge < -0.3 is 4.74 Å². The molecule has 3 heteroatoms. The Bertz CT molecular complexity index is 718. The molecular formula is C22H28ClFO. The van der Waals surface area contributed by atoms with Gasteiger partial charge in [0.25, 0.3) is 0 Å². The number of ether oxygens (including phenoxy) is 1. The first-order valence-corrected chi connectivity index (χ1v) is 9.38. The molecule has 0 saturated heterocycles. The molecule has 136 valence electrons. The molecule has 0 spiro atoms. The largest absolute Gasteiger partial charge is 0.497 e. The van der Waals surface area contributed by atoms with E-state index in [0.29, 0.717) is 23.1 Å². The van der Waals surface area contributed by atoms with Gasteiger partial charge in [0.15, 0.2) is 0 Å². The molecule has 0 N–H and O–H groups in total. The molecule has 0 bridgehead atoms. The van der Waals surface area contributed by atoms with Gasteiger partial charge in [-0.2, -0.15) is 0 Å². The van der Waals surface area contributed by atoms with Crippen molar-refractivity contribution in [1.82, 2.24) is 0 Å². The highest BCUT2D eigenvalue weighted by atomic mass is 35.5. The zero-order valence-corrected chi connectivity index (χ0v) is 16.6. The Hall–Kier alpha value is -1.54. The molecule has 0 aliphatic carbocycles. The van der Waals surface area contributed by atoms with Crippen molar-refractivity contribution >= 4 is 11.6 Å². The van der Waals surface area contributed by atoms with E-state index in [4.69, 9.17) is 16.3 Å². The highest BCUT2D eigenvalue weighted by molar-refractivity contribution is 6.17. The van der Waals surface area contributed by atoms with Crippen LogP contribution in [0.4, 0.5) is 4.39 Å². The molecule has 0 aliphatic rings. The van der Waals surface area contributed by atoms with E-state index in [0.717, 1.165) is 24.0 Å². The van der Waals surface area contributed by atoms with Crippen molar-refractivity contribution in [2.24, 2.45) is 5.41 Å². The maximum absolute atomic E-state index is 14.6. The first-order valence-electron chi connectivity index (χ1n) is 8.84. The Labute approximate surface area is 156 Å². The fourth-order valence-corrected chi connectivity index (χ4v) is 3.58. The van der Waals surface area contributed by atoms with Crippen LogP contribution in [-0.2, 0) is 5.88 Å². The molecule has 0 radical (unpaired) electrons. The fraction of sp³-hybridized carbons (Fsp3) is 0.455. The minimum Gasteiger partial charge on any atom is -0.497 e. The van der Waals surface area contributed by atoms with Crippen LogP contribution in [0.2, 0.25) is 0 Å². The number of alkyl halides is 1. The summed E-state index contributed by atoms with van der Waals surface area (Å²) in [5.41, 5.74) is 3.82. The minimum atomic E-state index is -0.232. The summed E-state index contributed by atoms with van der Waals surface area (Å²) >= 11 is 6.08. The fourth-order valence-electron chi connectivity index (χ4n) is 3.41.